The van der Waals surface area contributed by atoms with Crippen molar-refractivity contribution in [1.29, 1.82) is 0 Å². The topological polar surface area (TPSA) is 97.6 Å². The van der Waals surface area contributed by atoms with E-state index in [4.69, 9.17) is 4.74 Å². The third-order valence-electron chi connectivity index (χ3n) is 6.02. The minimum atomic E-state index is -0.607. The van der Waals surface area contributed by atoms with Crippen molar-refractivity contribution in [3.05, 3.63) is 64.3 Å². The maximum Gasteiger partial charge on any atom is 0.411 e. The number of aromatic nitrogens is 1. The number of carbonyl (C=O) groups excluding carboxylic acids is 1. The first-order chi connectivity index (χ1) is 14.4. The van der Waals surface area contributed by atoms with Gasteiger partial charge in [-0.1, -0.05) is 30.3 Å². The standard InChI is InChI=1S/C22H26N4O4/c1-22(2)19(15-7-4-3-5-8-15)25(21(27)30-22)17-12-10-16(11-13-17)24-18-9-6-14-23-20(18)26(28)29/h3-9,14,16-17,19,24H,10-13H2,1-2H3/t16-,17-,19?. The van der Waals surface area contributed by atoms with E-state index in [1.165, 1.54) is 6.20 Å². The summed E-state index contributed by atoms with van der Waals surface area (Å²) in [6, 6.07) is 13.4. The maximum atomic E-state index is 12.8. The Morgan fingerprint density at radius 2 is 1.83 bits per heavy atom. The van der Waals surface area contributed by atoms with E-state index in [9.17, 15) is 14.9 Å². The molecule has 1 aromatic carbocycles. The second kappa shape index (κ2) is 7.93. The van der Waals surface area contributed by atoms with Crippen LogP contribution < -0.4 is 5.32 Å². The first-order valence-electron chi connectivity index (χ1n) is 10.3. The molecule has 1 atom stereocenters. The van der Waals surface area contributed by atoms with Crippen LogP contribution in [0.4, 0.5) is 16.3 Å². The van der Waals surface area contributed by atoms with Crippen LogP contribution in [0.3, 0.4) is 0 Å². The Kier molecular flexibility index (Phi) is 5.32. The number of hydrogen-bond donors (Lipinski definition) is 1. The van der Waals surface area contributed by atoms with Crippen molar-refractivity contribution in [1.82, 2.24) is 9.88 Å². The van der Waals surface area contributed by atoms with Gasteiger partial charge in [-0.25, -0.2) is 4.79 Å². The number of ether oxygens (including phenoxy) is 1. The van der Waals surface area contributed by atoms with E-state index in [2.05, 4.69) is 10.3 Å². The largest absolute Gasteiger partial charge is 0.441 e. The molecule has 4 rings (SSSR count). The highest BCUT2D eigenvalue weighted by atomic mass is 16.6. The van der Waals surface area contributed by atoms with Gasteiger partial charge in [-0.15, -0.1) is 0 Å². The molecule has 8 heteroatoms. The Hall–Kier alpha value is -3.16. The lowest BCUT2D eigenvalue weighted by Gasteiger charge is -2.38. The monoisotopic (exact) mass is 410 g/mol. The van der Waals surface area contributed by atoms with Crippen molar-refractivity contribution in [3.8, 4) is 0 Å². The summed E-state index contributed by atoms with van der Waals surface area (Å²) in [6.07, 6.45) is 4.38. The molecule has 2 aromatic rings. The molecule has 1 unspecified atom stereocenters. The van der Waals surface area contributed by atoms with Gasteiger partial charge < -0.3 is 20.2 Å². The molecule has 2 aliphatic rings. The van der Waals surface area contributed by atoms with Crippen molar-refractivity contribution < 1.29 is 14.5 Å². The number of rotatable bonds is 5. The molecule has 1 aromatic heterocycles. The van der Waals surface area contributed by atoms with E-state index in [1.807, 2.05) is 49.1 Å². The number of nitrogens with one attached hydrogen (secondary N) is 1. The third kappa shape index (κ3) is 3.81. The summed E-state index contributed by atoms with van der Waals surface area (Å²) in [7, 11) is 0. The quantitative estimate of drug-likeness (QED) is 0.567. The molecule has 8 nitrogen and oxygen atoms in total. The molecule has 2 fully saturated rings. The maximum absolute atomic E-state index is 12.8. The van der Waals surface area contributed by atoms with Gasteiger partial charge in [0.05, 0.1) is 6.04 Å². The Balaban J connectivity index is 1.47. The second-order valence-electron chi connectivity index (χ2n) is 8.47. The van der Waals surface area contributed by atoms with Crippen molar-refractivity contribution in [2.75, 3.05) is 5.32 Å². The number of amides is 1. The first kappa shape index (κ1) is 20.1. The van der Waals surface area contributed by atoms with Crippen LogP contribution in [-0.4, -0.2) is 38.6 Å². The minimum Gasteiger partial charge on any atom is -0.441 e. The van der Waals surface area contributed by atoms with Gasteiger partial charge in [-0.2, -0.15) is 0 Å². The fourth-order valence-corrected chi connectivity index (χ4v) is 4.70. The lowest BCUT2D eigenvalue weighted by atomic mass is 9.86. The van der Waals surface area contributed by atoms with Crippen LogP contribution in [0.2, 0.25) is 0 Å². The summed E-state index contributed by atoms with van der Waals surface area (Å²) >= 11 is 0. The molecule has 1 saturated heterocycles. The Labute approximate surface area is 175 Å². The number of nitrogens with zero attached hydrogens (tertiary/aromatic N) is 3. The van der Waals surface area contributed by atoms with E-state index in [1.54, 1.807) is 12.1 Å². The number of anilines is 1. The smallest absolute Gasteiger partial charge is 0.411 e. The van der Waals surface area contributed by atoms with Crippen LogP contribution in [0, 0.1) is 10.1 Å². The van der Waals surface area contributed by atoms with Crippen LogP contribution in [-0.2, 0) is 4.74 Å². The average Bonchev–Trinajstić information content (AvgIpc) is 2.97. The van der Waals surface area contributed by atoms with Crippen LogP contribution >= 0.6 is 0 Å². The molecule has 1 aliphatic heterocycles. The van der Waals surface area contributed by atoms with Crippen LogP contribution in [0.15, 0.2) is 48.7 Å². The molecule has 158 valence electrons. The van der Waals surface area contributed by atoms with Gasteiger partial charge in [0.25, 0.3) is 0 Å². The lowest BCUT2D eigenvalue weighted by Crippen LogP contribution is -2.44. The van der Waals surface area contributed by atoms with Crippen molar-refractivity contribution >= 4 is 17.6 Å². The number of hydrogen-bond acceptors (Lipinski definition) is 6. The highest BCUT2D eigenvalue weighted by Gasteiger charge is 2.51. The number of nitro groups is 1. The molecule has 0 spiro atoms. The van der Waals surface area contributed by atoms with Crippen molar-refractivity contribution in [2.45, 2.75) is 63.3 Å². The predicted molar refractivity (Wildman–Crippen MR) is 112 cm³/mol. The zero-order valence-electron chi connectivity index (χ0n) is 17.2. The number of carbonyl (C=O) groups is 1. The normalized spacial score (nSPS) is 25.6. The molecule has 1 N–H and O–H groups in total. The van der Waals surface area contributed by atoms with Crippen molar-refractivity contribution in [3.63, 3.8) is 0 Å². The van der Waals surface area contributed by atoms with E-state index in [0.717, 1.165) is 31.2 Å². The van der Waals surface area contributed by atoms with Crippen LogP contribution in [0.5, 0.6) is 0 Å². The van der Waals surface area contributed by atoms with Gasteiger partial charge in [-0.3, -0.25) is 4.90 Å². The summed E-state index contributed by atoms with van der Waals surface area (Å²) in [4.78, 5) is 29.3. The third-order valence-corrected chi connectivity index (χ3v) is 6.02. The Morgan fingerprint density at radius 1 is 1.13 bits per heavy atom. The van der Waals surface area contributed by atoms with E-state index in [0.29, 0.717) is 5.69 Å². The highest BCUT2D eigenvalue weighted by Crippen LogP contribution is 2.44. The van der Waals surface area contributed by atoms with E-state index in [-0.39, 0.29) is 30.0 Å². The van der Waals surface area contributed by atoms with Gasteiger partial charge in [0, 0.05) is 12.1 Å². The second-order valence-corrected chi connectivity index (χ2v) is 8.47. The van der Waals surface area contributed by atoms with E-state index < -0.39 is 10.5 Å². The number of cyclic esters (lactones) is 1. The molecule has 2 heterocycles. The highest BCUT2D eigenvalue weighted by molar-refractivity contribution is 5.72. The molecule has 0 bridgehead atoms. The number of benzene rings is 1. The van der Waals surface area contributed by atoms with Crippen LogP contribution in [0.25, 0.3) is 0 Å². The Bertz CT molecular complexity index is 926. The lowest BCUT2D eigenvalue weighted by molar-refractivity contribution is -0.388. The van der Waals surface area contributed by atoms with Gasteiger partial charge in [0.2, 0.25) is 0 Å². The molecule has 1 amide bonds. The summed E-state index contributed by atoms with van der Waals surface area (Å²) in [6.45, 7) is 3.91. The molecule has 30 heavy (non-hydrogen) atoms. The predicted octanol–water partition coefficient (Wildman–Crippen LogP) is 4.69. The molecular weight excluding hydrogens is 384 g/mol. The van der Waals surface area contributed by atoms with Gasteiger partial charge in [0.1, 0.15) is 17.5 Å². The van der Waals surface area contributed by atoms with Crippen LogP contribution in [0.1, 0.15) is 51.1 Å². The molecular formula is C22H26N4O4. The minimum absolute atomic E-state index is 0.0754. The summed E-state index contributed by atoms with van der Waals surface area (Å²) < 4.78 is 5.73. The van der Waals surface area contributed by atoms with Gasteiger partial charge >= 0.3 is 11.9 Å². The fourth-order valence-electron chi connectivity index (χ4n) is 4.70. The average molecular weight is 410 g/mol. The van der Waals surface area contributed by atoms with Gasteiger partial charge in [-0.05, 0) is 67.1 Å². The van der Waals surface area contributed by atoms with Gasteiger partial charge in [0.15, 0.2) is 0 Å². The fraction of sp³-hybridized carbons (Fsp3) is 0.455. The van der Waals surface area contributed by atoms with Crippen molar-refractivity contribution in [2.24, 2.45) is 0 Å². The first-order valence-corrected chi connectivity index (χ1v) is 10.3. The summed E-state index contributed by atoms with van der Waals surface area (Å²) in [5.41, 5.74) is 0.901. The zero-order valence-corrected chi connectivity index (χ0v) is 17.2. The summed E-state index contributed by atoms with van der Waals surface area (Å²) in [5.74, 6) is -0.159. The molecule has 1 aliphatic carbocycles. The van der Waals surface area contributed by atoms with E-state index >= 15 is 0 Å². The Morgan fingerprint density at radius 3 is 2.50 bits per heavy atom. The zero-order chi connectivity index (χ0) is 21.3. The number of pyridine rings is 1. The molecule has 0 radical (unpaired) electrons. The molecule has 1 saturated carbocycles. The SMILES string of the molecule is CC1(C)OC(=O)N([C@H]2CC[C@H](Nc3cccnc3[N+](=O)[O-])CC2)C1c1ccccc1. The summed E-state index contributed by atoms with van der Waals surface area (Å²) in [5, 5.41) is 14.5.